The molecular weight excluding hydrogens is 507 g/mol. The molecule has 0 aromatic heterocycles. The zero-order chi connectivity index (χ0) is 21.6. The van der Waals surface area contributed by atoms with Crippen LogP contribution in [0.3, 0.4) is 0 Å². The number of nitrogens with one attached hydrogen (secondary N) is 3. The second-order valence-electron chi connectivity index (χ2n) is 7.51. The third-order valence-corrected chi connectivity index (χ3v) is 5.13. The van der Waals surface area contributed by atoms with Gasteiger partial charge < -0.3 is 25.4 Å². The number of aryl methyl sites for hydroxylation is 1. The third-order valence-electron chi connectivity index (χ3n) is 5.13. The van der Waals surface area contributed by atoms with Crippen molar-refractivity contribution < 1.29 is 14.3 Å². The Labute approximate surface area is 204 Å². The summed E-state index contributed by atoms with van der Waals surface area (Å²) in [5.74, 6) is 2.42. The minimum absolute atomic E-state index is 0. The Morgan fingerprint density at radius 1 is 1.16 bits per heavy atom. The zero-order valence-corrected chi connectivity index (χ0v) is 21.5. The van der Waals surface area contributed by atoms with Crippen molar-refractivity contribution in [2.45, 2.75) is 64.8 Å². The van der Waals surface area contributed by atoms with E-state index in [9.17, 15) is 4.79 Å². The molecule has 0 bridgehead atoms. The largest absolute Gasteiger partial charge is 0.493 e. The maximum atomic E-state index is 12.0. The Hall–Kier alpha value is -1.71. The fraction of sp³-hybridized carbons (Fsp3) is 0.652. The van der Waals surface area contributed by atoms with Gasteiger partial charge in [0.2, 0.25) is 5.91 Å². The Kier molecular flexibility index (Phi) is 14.1. The van der Waals surface area contributed by atoms with E-state index in [1.807, 2.05) is 26.0 Å². The topological polar surface area (TPSA) is 84.0 Å². The number of aliphatic imine (C=N–C) groups is 1. The van der Waals surface area contributed by atoms with Crippen LogP contribution in [0.2, 0.25) is 0 Å². The third kappa shape index (κ3) is 10.4. The Morgan fingerprint density at radius 3 is 2.61 bits per heavy atom. The molecule has 176 valence electrons. The number of amides is 1. The number of guanidine groups is 1. The van der Waals surface area contributed by atoms with Crippen molar-refractivity contribution >= 4 is 35.8 Å². The summed E-state index contributed by atoms with van der Waals surface area (Å²) in [4.78, 5) is 16.7. The fourth-order valence-electron chi connectivity index (χ4n) is 3.63. The van der Waals surface area contributed by atoms with E-state index in [-0.39, 0.29) is 29.9 Å². The van der Waals surface area contributed by atoms with Gasteiger partial charge >= 0.3 is 0 Å². The molecule has 3 N–H and O–H groups in total. The van der Waals surface area contributed by atoms with Crippen LogP contribution in [0.5, 0.6) is 11.5 Å². The lowest BCUT2D eigenvalue weighted by atomic mass is 10.1. The number of hydrogen-bond donors (Lipinski definition) is 3. The first-order valence-corrected chi connectivity index (χ1v) is 11.3. The zero-order valence-electron chi connectivity index (χ0n) is 19.2. The Morgan fingerprint density at radius 2 is 1.94 bits per heavy atom. The molecule has 1 aromatic rings. The molecule has 0 unspecified atom stereocenters. The van der Waals surface area contributed by atoms with Crippen LogP contribution in [0.4, 0.5) is 0 Å². The summed E-state index contributed by atoms with van der Waals surface area (Å²) >= 11 is 0. The summed E-state index contributed by atoms with van der Waals surface area (Å²) in [6, 6.07) is 6.43. The summed E-state index contributed by atoms with van der Waals surface area (Å²) in [5, 5.41) is 9.62. The molecule has 7 nitrogen and oxygen atoms in total. The summed E-state index contributed by atoms with van der Waals surface area (Å²) in [6.07, 6.45) is 6.99. The average Bonchev–Trinajstić information content (AvgIpc) is 3.24. The van der Waals surface area contributed by atoms with Gasteiger partial charge in [-0.3, -0.25) is 9.79 Å². The van der Waals surface area contributed by atoms with Crippen molar-refractivity contribution in [3.63, 3.8) is 0 Å². The molecule has 1 aromatic carbocycles. The minimum Gasteiger partial charge on any atom is -0.493 e. The first kappa shape index (κ1) is 27.3. The van der Waals surface area contributed by atoms with Gasteiger partial charge in [0.15, 0.2) is 17.5 Å². The maximum Gasteiger partial charge on any atom is 0.221 e. The van der Waals surface area contributed by atoms with E-state index in [4.69, 9.17) is 9.47 Å². The van der Waals surface area contributed by atoms with E-state index >= 15 is 0 Å². The molecule has 31 heavy (non-hydrogen) atoms. The van der Waals surface area contributed by atoms with Crippen molar-refractivity contribution in [2.75, 3.05) is 33.4 Å². The molecule has 0 saturated heterocycles. The number of ether oxygens (including phenoxy) is 2. The lowest BCUT2D eigenvalue weighted by molar-refractivity contribution is -0.121. The summed E-state index contributed by atoms with van der Waals surface area (Å²) in [5.41, 5.74) is 1.20. The molecule has 1 amide bonds. The Balaban J connectivity index is 0.00000480. The number of benzene rings is 1. The lowest BCUT2D eigenvalue weighted by Gasteiger charge is -2.14. The van der Waals surface area contributed by atoms with Crippen LogP contribution in [0, 0.1) is 0 Å². The van der Waals surface area contributed by atoms with Crippen molar-refractivity contribution in [3.8, 4) is 11.5 Å². The van der Waals surface area contributed by atoms with Gasteiger partial charge in [-0.25, -0.2) is 0 Å². The predicted molar refractivity (Wildman–Crippen MR) is 137 cm³/mol. The molecule has 1 aliphatic carbocycles. The predicted octanol–water partition coefficient (Wildman–Crippen LogP) is 3.65. The molecule has 0 spiro atoms. The van der Waals surface area contributed by atoms with Crippen molar-refractivity contribution in [2.24, 2.45) is 4.99 Å². The molecule has 2 rings (SSSR count). The average molecular weight is 546 g/mol. The molecule has 0 radical (unpaired) electrons. The van der Waals surface area contributed by atoms with Crippen LogP contribution in [-0.4, -0.2) is 51.3 Å². The van der Waals surface area contributed by atoms with Gasteiger partial charge in [-0.15, -0.1) is 24.0 Å². The monoisotopic (exact) mass is 546 g/mol. The standard InChI is InChI=1S/C23H38N4O3.HI/c1-4-24-23(26-16-14-22(28)27-19-10-6-7-11-19)25-15-8-9-18-12-13-20(29-3)21(17-18)30-5-2;/h12-13,17,19H,4-11,14-16H2,1-3H3,(H,27,28)(H2,24,25,26);1H. The van der Waals surface area contributed by atoms with Gasteiger partial charge in [0, 0.05) is 32.1 Å². The summed E-state index contributed by atoms with van der Waals surface area (Å²) < 4.78 is 11.0. The smallest absolute Gasteiger partial charge is 0.221 e. The summed E-state index contributed by atoms with van der Waals surface area (Å²) in [7, 11) is 1.65. The van der Waals surface area contributed by atoms with E-state index < -0.39 is 0 Å². The maximum absolute atomic E-state index is 12.0. The molecule has 1 fully saturated rings. The molecule has 0 heterocycles. The first-order valence-electron chi connectivity index (χ1n) is 11.3. The lowest BCUT2D eigenvalue weighted by Crippen LogP contribution is -2.40. The highest BCUT2D eigenvalue weighted by Crippen LogP contribution is 2.28. The van der Waals surface area contributed by atoms with Crippen LogP contribution in [0.1, 0.15) is 57.9 Å². The highest BCUT2D eigenvalue weighted by Gasteiger charge is 2.16. The second kappa shape index (κ2) is 16.0. The van der Waals surface area contributed by atoms with Crippen LogP contribution in [0.15, 0.2) is 23.2 Å². The van der Waals surface area contributed by atoms with Crippen LogP contribution in [-0.2, 0) is 11.2 Å². The molecule has 0 atom stereocenters. The van der Waals surface area contributed by atoms with Gasteiger partial charge in [0.1, 0.15) is 0 Å². The minimum atomic E-state index is 0. The number of methoxy groups -OCH3 is 1. The highest BCUT2D eigenvalue weighted by molar-refractivity contribution is 14.0. The van der Waals surface area contributed by atoms with E-state index in [0.717, 1.165) is 49.7 Å². The van der Waals surface area contributed by atoms with Gasteiger partial charge in [-0.2, -0.15) is 0 Å². The van der Waals surface area contributed by atoms with Gasteiger partial charge in [0.05, 0.1) is 13.7 Å². The van der Waals surface area contributed by atoms with Crippen molar-refractivity contribution in [1.29, 1.82) is 0 Å². The molecule has 8 heteroatoms. The number of carbonyl (C=O) groups excluding carboxylic acids is 1. The molecule has 1 aliphatic rings. The van der Waals surface area contributed by atoms with Gasteiger partial charge in [-0.1, -0.05) is 18.9 Å². The molecule has 1 saturated carbocycles. The normalized spacial score (nSPS) is 14.0. The number of rotatable bonds is 12. The number of nitrogens with zero attached hydrogens (tertiary/aromatic N) is 1. The van der Waals surface area contributed by atoms with E-state index in [1.54, 1.807) is 7.11 Å². The van der Waals surface area contributed by atoms with Crippen molar-refractivity contribution in [1.82, 2.24) is 16.0 Å². The van der Waals surface area contributed by atoms with E-state index in [1.165, 1.54) is 18.4 Å². The van der Waals surface area contributed by atoms with Crippen molar-refractivity contribution in [3.05, 3.63) is 23.8 Å². The number of halogens is 1. The van der Waals surface area contributed by atoms with E-state index in [2.05, 4.69) is 27.0 Å². The Bertz CT molecular complexity index is 679. The van der Waals surface area contributed by atoms with E-state index in [0.29, 0.717) is 32.2 Å². The molecule has 0 aliphatic heterocycles. The molecular formula is C23H39IN4O3. The van der Waals surface area contributed by atoms with Gasteiger partial charge in [0.25, 0.3) is 0 Å². The quantitative estimate of drug-likeness (QED) is 0.161. The first-order chi connectivity index (χ1) is 14.7. The fourth-order valence-corrected chi connectivity index (χ4v) is 3.63. The summed E-state index contributed by atoms with van der Waals surface area (Å²) in [6.45, 7) is 6.70. The number of hydrogen-bond acceptors (Lipinski definition) is 4. The van der Waals surface area contributed by atoms with Crippen LogP contribution < -0.4 is 25.4 Å². The highest BCUT2D eigenvalue weighted by atomic mass is 127. The van der Waals surface area contributed by atoms with Crippen LogP contribution in [0.25, 0.3) is 0 Å². The second-order valence-corrected chi connectivity index (χ2v) is 7.51. The van der Waals surface area contributed by atoms with Crippen LogP contribution >= 0.6 is 24.0 Å². The number of carbonyl (C=O) groups is 1. The SMILES string of the molecule is CCNC(=NCCCc1ccc(OC)c(OCC)c1)NCCC(=O)NC1CCCC1.I. The van der Waals surface area contributed by atoms with Gasteiger partial charge in [-0.05, 0) is 57.2 Å².